The average molecular weight is 321 g/mol. The molecule has 24 heavy (non-hydrogen) atoms. The first-order valence-electron chi connectivity index (χ1n) is 7.57. The van der Waals surface area contributed by atoms with Crippen molar-refractivity contribution in [3.8, 4) is 22.8 Å². The van der Waals surface area contributed by atoms with Crippen LogP contribution in [0.5, 0.6) is 0 Å². The normalized spacial score (nSPS) is 11.0. The van der Waals surface area contributed by atoms with Crippen LogP contribution in [-0.2, 0) is 0 Å². The molecule has 7 heteroatoms. The summed E-state index contributed by atoms with van der Waals surface area (Å²) in [5.41, 5.74) is 9.43. The quantitative estimate of drug-likeness (QED) is 0.523. The zero-order valence-corrected chi connectivity index (χ0v) is 13.0. The van der Waals surface area contributed by atoms with Crippen LogP contribution in [0.15, 0.2) is 51.5 Å². The SMILES string of the molecule is CCNc1nc(N)c2nc(-c3ccco3)oc2n1.c1cc2cc-2c1. The number of anilines is 2. The Morgan fingerprint density at radius 3 is 2.50 bits per heavy atom. The maximum absolute atomic E-state index is 5.81. The summed E-state index contributed by atoms with van der Waals surface area (Å²) in [5.74, 6) is 1.56. The second kappa shape index (κ2) is 5.69. The van der Waals surface area contributed by atoms with E-state index in [0.717, 1.165) is 0 Å². The number of nitrogen functional groups attached to an aromatic ring is 1. The molecular weight excluding hydrogens is 306 g/mol. The first-order valence-corrected chi connectivity index (χ1v) is 7.57. The monoisotopic (exact) mass is 321 g/mol. The van der Waals surface area contributed by atoms with Gasteiger partial charge in [-0.25, -0.2) is 4.98 Å². The van der Waals surface area contributed by atoms with Gasteiger partial charge in [-0.2, -0.15) is 9.97 Å². The van der Waals surface area contributed by atoms with Gasteiger partial charge in [-0.1, -0.05) is 18.2 Å². The van der Waals surface area contributed by atoms with E-state index in [2.05, 4.69) is 44.5 Å². The number of nitrogens with zero attached hydrogens (tertiary/aromatic N) is 3. The highest BCUT2D eigenvalue weighted by atomic mass is 16.4. The van der Waals surface area contributed by atoms with Crippen molar-refractivity contribution in [3.05, 3.63) is 42.7 Å². The van der Waals surface area contributed by atoms with E-state index in [1.165, 1.54) is 11.1 Å². The van der Waals surface area contributed by atoms with Crippen molar-refractivity contribution in [3.63, 3.8) is 0 Å². The van der Waals surface area contributed by atoms with Gasteiger partial charge in [0.1, 0.15) is 0 Å². The van der Waals surface area contributed by atoms with Crippen molar-refractivity contribution in [2.75, 3.05) is 17.6 Å². The Labute approximate surface area is 137 Å². The Morgan fingerprint density at radius 2 is 1.92 bits per heavy atom. The second-order valence-corrected chi connectivity index (χ2v) is 5.19. The van der Waals surface area contributed by atoms with E-state index in [1.807, 2.05) is 6.92 Å². The number of furan rings is 1. The average Bonchev–Trinajstić information content (AvgIpc) is 3.03. The van der Waals surface area contributed by atoms with E-state index in [0.29, 0.717) is 35.4 Å². The lowest BCUT2D eigenvalue weighted by Crippen LogP contribution is -2.04. The molecule has 0 amide bonds. The highest BCUT2D eigenvalue weighted by Crippen LogP contribution is 2.32. The second-order valence-electron chi connectivity index (χ2n) is 5.19. The molecule has 3 aromatic rings. The molecule has 0 bridgehead atoms. The summed E-state index contributed by atoms with van der Waals surface area (Å²) in [6, 6.07) is 12.0. The van der Waals surface area contributed by atoms with Gasteiger partial charge in [0.15, 0.2) is 17.1 Å². The molecule has 3 aromatic heterocycles. The van der Waals surface area contributed by atoms with E-state index in [1.54, 1.807) is 18.4 Å². The number of nitrogens with one attached hydrogen (secondary N) is 1. The fourth-order valence-corrected chi connectivity index (χ4v) is 2.26. The number of rotatable bonds is 3. The molecule has 0 radical (unpaired) electrons. The minimum Gasteiger partial charge on any atom is -0.459 e. The van der Waals surface area contributed by atoms with Crippen LogP contribution in [0.3, 0.4) is 0 Å². The summed E-state index contributed by atoms with van der Waals surface area (Å²) in [7, 11) is 0. The number of benzene rings is 1. The molecule has 0 saturated heterocycles. The standard InChI is InChI=1S/C11H11N5O2.C6H4/c1-2-13-11-15-8(12)7-10(16-11)18-9(14-7)6-4-3-5-17-6;1-2-5-4-6(5)3-1/h3-5H,2H2,1H3,(H3,12,13,15,16);1-4H. The molecule has 0 spiro atoms. The summed E-state index contributed by atoms with van der Waals surface area (Å²) in [6.45, 7) is 2.64. The van der Waals surface area contributed by atoms with E-state index in [-0.39, 0.29) is 5.82 Å². The van der Waals surface area contributed by atoms with Crippen LogP contribution in [-0.4, -0.2) is 21.5 Å². The molecule has 0 aliphatic heterocycles. The summed E-state index contributed by atoms with van der Waals surface area (Å²) in [5, 5.41) is 2.97. The Balaban J connectivity index is 0.000000201. The number of nitrogens with two attached hydrogens (primary N) is 1. The van der Waals surface area contributed by atoms with Crippen LogP contribution in [0.2, 0.25) is 0 Å². The van der Waals surface area contributed by atoms with E-state index in [9.17, 15) is 0 Å². The third kappa shape index (κ3) is 2.67. The molecule has 3 N–H and O–H groups in total. The van der Waals surface area contributed by atoms with Crippen molar-refractivity contribution < 1.29 is 8.83 Å². The number of aromatic nitrogens is 3. The topological polar surface area (TPSA) is 103 Å². The minimum atomic E-state index is 0.275. The first kappa shape index (κ1) is 14.3. The zero-order valence-electron chi connectivity index (χ0n) is 13.0. The van der Waals surface area contributed by atoms with Gasteiger partial charge in [0.25, 0.3) is 11.6 Å². The lowest BCUT2D eigenvalue weighted by molar-refractivity contribution is 0.531. The Bertz CT molecular complexity index is 974. The summed E-state index contributed by atoms with van der Waals surface area (Å²) >= 11 is 0. The van der Waals surface area contributed by atoms with Gasteiger partial charge in [-0.05, 0) is 36.2 Å². The molecule has 5 rings (SSSR count). The van der Waals surface area contributed by atoms with Gasteiger partial charge in [0, 0.05) is 6.54 Å². The molecule has 0 fully saturated rings. The molecule has 2 aliphatic carbocycles. The molecule has 3 heterocycles. The van der Waals surface area contributed by atoms with Crippen molar-refractivity contribution in [1.29, 1.82) is 0 Å². The predicted molar refractivity (Wildman–Crippen MR) is 91.3 cm³/mol. The van der Waals surface area contributed by atoms with Crippen LogP contribution in [0.25, 0.3) is 34.0 Å². The third-order valence-corrected chi connectivity index (χ3v) is 3.47. The van der Waals surface area contributed by atoms with Gasteiger partial charge in [-0.15, -0.1) is 0 Å². The summed E-state index contributed by atoms with van der Waals surface area (Å²) in [4.78, 5) is 12.5. The van der Waals surface area contributed by atoms with Crippen molar-refractivity contribution in [2.45, 2.75) is 6.92 Å². The lowest BCUT2D eigenvalue weighted by Gasteiger charge is -2.00. The van der Waals surface area contributed by atoms with Crippen molar-refractivity contribution in [1.82, 2.24) is 15.0 Å². The lowest BCUT2D eigenvalue weighted by atomic mass is 10.4. The van der Waals surface area contributed by atoms with Crippen molar-refractivity contribution >= 4 is 23.0 Å². The maximum Gasteiger partial charge on any atom is 0.265 e. The van der Waals surface area contributed by atoms with Gasteiger partial charge in [0.05, 0.1) is 6.26 Å². The maximum atomic E-state index is 5.81. The van der Waals surface area contributed by atoms with Crippen LogP contribution >= 0.6 is 0 Å². The highest BCUT2D eigenvalue weighted by molar-refractivity contribution is 5.83. The van der Waals surface area contributed by atoms with Gasteiger partial charge in [0.2, 0.25) is 5.95 Å². The van der Waals surface area contributed by atoms with Crippen LogP contribution < -0.4 is 11.1 Å². The van der Waals surface area contributed by atoms with Gasteiger partial charge in [-0.3, -0.25) is 0 Å². The molecule has 2 aliphatic rings. The van der Waals surface area contributed by atoms with Crippen LogP contribution in [0, 0.1) is 0 Å². The molecule has 0 unspecified atom stereocenters. The van der Waals surface area contributed by atoms with Gasteiger partial charge >= 0.3 is 0 Å². The highest BCUT2D eigenvalue weighted by Gasteiger charge is 2.15. The molecular formula is C17H15N5O2. The number of hydrogen-bond acceptors (Lipinski definition) is 7. The zero-order chi connectivity index (χ0) is 16.5. The van der Waals surface area contributed by atoms with E-state index >= 15 is 0 Å². The van der Waals surface area contributed by atoms with Gasteiger partial charge < -0.3 is 19.9 Å². The Kier molecular flexibility index (Phi) is 3.38. The summed E-state index contributed by atoms with van der Waals surface area (Å²) < 4.78 is 10.7. The molecule has 7 nitrogen and oxygen atoms in total. The molecule has 120 valence electrons. The third-order valence-electron chi connectivity index (χ3n) is 3.47. The van der Waals surface area contributed by atoms with Crippen LogP contribution in [0.4, 0.5) is 11.8 Å². The minimum absolute atomic E-state index is 0.275. The predicted octanol–water partition coefficient (Wildman–Crippen LogP) is 3.56. The molecule has 0 aromatic carbocycles. The smallest absolute Gasteiger partial charge is 0.265 e. The molecule has 0 saturated carbocycles. The fourth-order valence-electron chi connectivity index (χ4n) is 2.26. The van der Waals surface area contributed by atoms with E-state index in [4.69, 9.17) is 14.6 Å². The van der Waals surface area contributed by atoms with Crippen molar-refractivity contribution in [2.24, 2.45) is 0 Å². The molecule has 0 atom stereocenters. The number of fused-ring (bicyclic) bond motifs is 2. The number of hydrogen-bond donors (Lipinski definition) is 2. The Morgan fingerprint density at radius 1 is 1.08 bits per heavy atom. The largest absolute Gasteiger partial charge is 0.459 e. The Hall–Kier alpha value is -3.35. The number of oxazole rings is 1. The van der Waals surface area contributed by atoms with Crippen LogP contribution in [0.1, 0.15) is 6.92 Å². The summed E-state index contributed by atoms with van der Waals surface area (Å²) in [6.07, 6.45) is 1.54. The fraction of sp³-hybridized carbons (Fsp3) is 0.118. The first-order chi connectivity index (χ1) is 11.7. The van der Waals surface area contributed by atoms with E-state index < -0.39 is 0 Å².